The van der Waals surface area contributed by atoms with Crippen LogP contribution in [0.25, 0.3) is 0 Å². The molecule has 2 fully saturated rings. The number of thioether (sulfide) groups is 1. The molecule has 2 saturated heterocycles. The summed E-state index contributed by atoms with van der Waals surface area (Å²) in [6, 6.07) is -1.88. The number of hydrogen-bond acceptors (Lipinski definition) is 7. The molecule has 28 heavy (non-hydrogen) atoms. The predicted octanol–water partition coefficient (Wildman–Crippen LogP) is -2.33. The minimum atomic E-state index is -3.70. The molecule has 3 N–H and O–H groups in total. The van der Waals surface area contributed by atoms with E-state index in [4.69, 9.17) is 5.11 Å². The van der Waals surface area contributed by atoms with Crippen LogP contribution >= 0.6 is 11.8 Å². The molecule has 0 aliphatic carbocycles. The fraction of sp³-hybridized carbons (Fsp3) is 0.733. The summed E-state index contributed by atoms with van der Waals surface area (Å²) in [5.74, 6) is -2.67. The van der Waals surface area contributed by atoms with E-state index in [1.165, 1.54) is 4.90 Å². The highest BCUT2D eigenvalue weighted by Gasteiger charge is 2.40. The van der Waals surface area contributed by atoms with Crippen LogP contribution in [0.3, 0.4) is 0 Å². The summed E-state index contributed by atoms with van der Waals surface area (Å²) in [6.07, 6.45) is 2.14. The second kappa shape index (κ2) is 9.56. The maximum Gasteiger partial charge on any atom is 0.313 e. The Balaban J connectivity index is 2.06. The zero-order valence-corrected chi connectivity index (χ0v) is 17.1. The number of rotatable bonds is 7. The maximum atomic E-state index is 12.7. The smallest absolute Gasteiger partial charge is 0.313 e. The molecular formula is C15H24N4O7S2. The SMILES string of the molecule is CS(=O)(=O)N1CCN(C(=O)CSCC(=O)O)C[C@H]1C(=O)N[C@H]1CCCNC1=O. The average Bonchev–Trinajstić information content (AvgIpc) is 2.62. The number of nitrogens with zero attached hydrogens (tertiary/aromatic N) is 2. The number of piperazine rings is 1. The van der Waals surface area contributed by atoms with E-state index in [1.807, 2.05) is 0 Å². The van der Waals surface area contributed by atoms with Gasteiger partial charge in [-0.25, -0.2) is 8.42 Å². The Kier molecular flexibility index (Phi) is 7.66. The summed E-state index contributed by atoms with van der Waals surface area (Å²) in [5.41, 5.74) is 0. The number of amides is 3. The van der Waals surface area contributed by atoms with Gasteiger partial charge in [-0.2, -0.15) is 4.31 Å². The molecule has 13 heteroatoms. The van der Waals surface area contributed by atoms with Crippen molar-refractivity contribution in [2.24, 2.45) is 0 Å². The second-order valence-electron chi connectivity index (χ2n) is 6.61. The topological polar surface area (TPSA) is 153 Å². The largest absolute Gasteiger partial charge is 0.481 e. The van der Waals surface area contributed by atoms with E-state index in [1.54, 1.807) is 0 Å². The van der Waals surface area contributed by atoms with E-state index < -0.39 is 34.0 Å². The molecule has 3 amide bonds. The molecule has 2 aliphatic rings. The van der Waals surface area contributed by atoms with Gasteiger partial charge in [-0.05, 0) is 12.8 Å². The number of hydrogen-bond donors (Lipinski definition) is 3. The van der Waals surface area contributed by atoms with Crippen molar-refractivity contribution in [1.82, 2.24) is 19.8 Å². The van der Waals surface area contributed by atoms with Crippen LogP contribution in [0.2, 0.25) is 0 Å². The van der Waals surface area contributed by atoms with Gasteiger partial charge in [0.1, 0.15) is 12.1 Å². The first-order chi connectivity index (χ1) is 13.1. The first-order valence-corrected chi connectivity index (χ1v) is 11.7. The normalized spacial score (nSPS) is 23.8. The van der Waals surface area contributed by atoms with Gasteiger partial charge in [0.25, 0.3) is 0 Å². The number of piperidine rings is 1. The number of aliphatic carboxylic acids is 1. The van der Waals surface area contributed by atoms with Crippen LogP contribution in [0.15, 0.2) is 0 Å². The van der Waals surface area contributed by atoms with Gasteiger partial charge in [-0.1, -0.05) is 0 Å². The Bertz CT molecular complexity index is 743. The van der Waals surface area contributed by atoms with Crippen LogP contribution in [0, 0.1) is 0 Å². The number of carboxylic acids is 1. The van der Waals surface area contributed by atoms with Crippen molar-refractivity contribution in [3.8, 4) is 0 Å². The molecular weight excluding hydrogens is 412 g/mol. The third-order valence-electron chi connectivity index (χ3n) is 4.47. The fourth-order valence-corrected chi connectivity index (χ4v) is 4.77. The van der Waals surface area contributed by atoms with Gasteiger partial charge in [-0.3, -0.25) is 19.2 Å². The average molecular weight is 437 g/mol. The highest BCUT2D eigenvalue weighted by Crippen LogP contribution is 2.16. The first kappa shape index (κ1) is 22.4. The van der Waals surface area contributed by atoms with Crippen LogP contribution in [-0.2, 0) is 29.2 Å². The minimum Gasteiger partial charge on any atom is -0.481 e. The maximum absolute atomic E-state index is 12.7. The molecule has 0 bridgehead atoms. The van der Waals surface area contributed by atoms with Crippen molar-refractivity contribution in [2.45, 2.75) is 24.9 Å². The van der Waals surface area contributed by atoms with E-state index in [-0.39, 0.29) is 43.0 Å². The molecule has 2 rings (SSSR count). The van der Waals surface area contributed by atoms with E-state index in [0.717, 1.165) is 22.3 Å². The molecule has 0 unspecified atom stereocenters. The number of nitrogens with one attached hydrogen (secondary N) is 2. The zero-order chi connectivity index (χ0) is 20.9. The van der Waals surface area contributed by atoms with Gasteiger partial charge < -0.3 is 20.6 Å². The number of carboxylic acid groups (broad SMARTS) is 1. The standard InChI is InChI=1S/C15H24N4O7S2/c1-28(25,26)19-6-5-18(12(20)8-27-9-13(21)22)7-11(19)15(24)17-10-3-2-4-16-14(10)23/h10-11H,2-9H2,1H3,(H,16,23)(H,17,24)(H,21,22)/t10-,11-/m0/s1. The highest BCUT2D eigenvalue weighted by molar-refractivity contribution is 8.00. The summed E-state index contributed by atoms with van der Waals surface area (Å²) < 4.78 is 25.2. The number of carbonyl (C=O) groups excluding carboxylic acids is 3. The Hall–Kier alpha value is -1.86. The lowest BCUT2D eigenvalue weighted by Crippen LogP contribution is -2.63. The Morgan fingerprint density at radius 2 is 2.00 bits per heavy atom. The van der Waals surface area contributed by atoms with Crippen LogP contribution in [0.5, 0.6) is 0 Å². The summed E-state index contributed by atoms with van der Waals surface area (Å²) in [6.45, 7) is 0.427. The summed E-state index contributed by atoms with van der Waals surface area (Å²) in [7, 11) is -3.70. The lowest BCUT2D eigenvalue weighted by Gasteiger charge is -2.39. The fourth-order valence-electron chi connectivity index (χ4n) is 3.10. The van der Waals surface area contributed by atoms with Crippen molar-refractivity contribution >= 4 is 45.5 Å². The molecule has 0 aromatic rings. The van der Waals surface area contributed by atoms with Gasteiger partial charge in [0.05, 0.1) is 17.8 Å². The minimum absolute atomic E-state index is 0.0525. The third kappa shape index (κ3) is 6.07. The summed E-state index contributed by atoms with van der Waals surface area (Å²) in [4.78, 5) is 48.8. The molecule has 0 spiro atoms. The van der Waals surface area contributed by atoms with Crippen molar-refractivity contribution in [3.05, 3.63) is 0 Å². The van der Waals surface area contributed by atoms with E-state index >= 15 is 0 Å². The van der Waals surface area contributed by atoms with Crippen molar-refractivity contribution in [3.63, 3.8) is 0 Å². The van der Waals surface area contributed by atoms with Crippen LogP contribution in [-0.4, -0.2) is 102 Å². The van der Waals surface area contributed by atoms with Gasteiger partial charge in [0.2, 0.25) is 27.7 Å². The Labute approximate surface area is 167 Å². The molecule has 2 aliphatic heterocycles. The lowest BCUT2D eigenvalue weighted by atomic mass is 10.1. The highest BCUT2D eigenvalue weighted by atomic mass is 32.2. The first-order valence-electron chi connectivity index (χ1n) is 8.72. The van der Waals surface area contributed by atoms with E-state index in [0.29, 0.717) is 19.4 Å². The quantitative estimate of drug-likeness (QED) is 0.402. The molecule has 0 aromatic heterocycles. The zero-order valence-electron chi connectivity index (χ0n) is 15.4. The van der Waals surface area contributed by atoms with Gasteiger partial charge in [0, 0.05) is 26.2 Å². The molecule has 2 heterocycles. The van der Waals surface area contributed by atoms with Crippen LogP contribution in [0.1, 0.15) is 12.8 Å². The molecule has 158 valence electrons. The molecule has 0 radical (unpaired) electrons. The molecule has 0 aromatic carbocycles. The third-order valence-corrected chi connectivity index (χ3v) is 6.66. The van der Waals surface area contributed by atoms with Crippen molar-refractivity contribution in [2.75, 3.05) is 43.9 Å². The lowest BCUT2D eigenvalue weighted by molar-refractivity contribution is -0.136. The number of sulfonamides is 1. The molecule has 0 saturated carbocycles. The summed E-state index contributed by atoms with van der Waals surface area (Å²) in [5, 5.41) is 13.9. The van der Waals surface area contributed by atoms with Crippen molar-refractivity contribution in [1.29, 1.82) is 0 Å². The van der Waals surface area contributed by atoms with Crippen LogP contribution < -0.4 is 10.6 Å². The van der Waals surface area contributed by atoms with Gasteiger partial charge in [0.15, 0.2) is 0 Å². The predicted molar refractivity (Wildman–Crippen MR) is 101 cm³/mol. The van der Waals surface area contributed by atoms with E-state index in [2.05, 4.69) is 10.6 Å². The Morgan fingerprint density at radius 1 is 1.29 bits per heavy atom. The molecule has 2 atom stereocenters. The summed E-state index contributed by atoms with van der Waals surface area (Å²) >= 11 is 0.932. The Morgan fingerprint density at radius 3 is 2.61 bits per heavy atom. The van der Waals surface area contributed by atoms with Gasteiger partial charge in [-0.15, -0.1) is 11.8 Å². The molecule has 11 nitrogen and oxygen atoms in total. The second-order valence-corrected chi connectivity index (χ2v) is 9.53. The van der Waals surface area contributed by atoms with Crippen molar-refractivity contribution < 1.29 is 32.7 Å². The number of carbonyl (C=O) groups is 4. The van der Waals surface area contributed by atoms with Crippen LogP contribution in [0.4, 0.5) is 0 Å². The van der Waals surface area contributed by atoms with E-state index in [9.17, 15) is 27.6 Å². The monoisotopic (exact) mass is 436 g/mol. The van der Waals surface area contributed by atoms with Gasteiger partial charge >= 0.3 is 5.97 Å².